The van der Waals surface area contributed by atoms with Gasteiger partial charge in [0, 0.05) is 18.0 Å². The van der Waals surface area contributed by atoms with Crippen molar-refractivity contribution in [1.82, 2.24) is 4.90 Å². The average Bonchev–Trinajstić information content (AvgIpc) is 3.01. The highest BCUT2D eigenvalue weighted by atomic mass is 19.4. The monoisotopic (exact) mass is 367 g/mol. The second-order valence-corrected chi connectivity index (χ2v) is 7.37. The van der Waals surface area contributed by atoms with Crippen LogP contribution in [0.15, 0.2) is 18.2 Å². The Morgan fingerprint density at radius 1 is 1.35 bits per heavy atom. The lowest BCUT2D eigenvalue weighted by Crippen LogP contribution is -2.55. The van der Waals surface area contributed by atoms with E-state index in [9.17, 15) is 22.8 Å². The molecule has 2 fully saturated rings. The molecule has 26 heavy (non-hydrogen) atoms. The SMILES string of the molecule is CCOC(=O)[C@@]12CCC[C@H]3c4ccc(C(F)(F)F)cc4C(=O)N(CC1)[C@H]32. The van der Waals surface area contributed by atoms with E-state index in [0.29, 0.717) is 24.9 Å². The minimum Gasteiger partial charge on any atom is -0.466 e. The van der Waals surface area contributed by atoms with Gasteiger partial charge in [-0.3, -0.25) is 9.59 Å². The first-order valence-electron chi connectivity index (χ1n) is 8.99. The summed E-state index contributed by atoms with van der Waals surface area (Å²) < 4.78 is 44.5. The van der Waals surface area contributed by atoms with Crippen LogP contribution in [0.5, 0.6) is 0 Å². The number of halogens is 3. The Hall–Kier alpha value is -2.05. The van der Waals surface area contributed by atoms with Crippen LogP contribution in [0.3, 0.4) is 0 Å². The van der Waals surface area contributed by atoms with Gasteiger partial charge in [0.2, 0.25) is 0 Å². The van der Waals surface area contributed by atoms with Crippen LogP contribution < -0.4 is 0 Å². The van der Waals surface area contributed by atoms with Gasteiger partial charge in [-0.2, -0.15) is 13.2 Å². The molecular weight excluding hydrogens is 347 g/mol. The van der Waals surface area contributed by atoms with Crippen LogP contribution in [0.1, 0.15) is 60.0 Å². The molecule has 1 aromatic carbocycles. The predicted octanol–water partition coefficient (Wildman–Crippen LogP) is 3.75. The van der Waals surface area contributed by atoms with E-state index in [1.165, 1.54) is 6.07 Å². The Labute approximate surface area is 149 Å². The molecule has 0 unspecified atom stereocenters. The van der Waals surface area contributed by atoms with Gasteiger partial charge >= 0.3 is 12.1 Å². The van der Waals surface area contributed by atoms with Crippen molar-refractivity contribution in [2.45, 2.75) is 50.7 Å². The first kappa shape index (κ1) is 17.4. The van der Waals surface area contributed by atoms with Gasteiger partial charge in [0.25, 0.3) is 5.91 Å². The Balaban J connectivity index is 1.81. The number of rotatable bonds is 2. The van der Waals surface area contributed by atoms with Crippen LogP contribution >= 0.6 is 0 Å². The Bertz CT molecular complexity index is 776. The van der Waals surface area contributed by atoms with Crippen molar-refractivity contribution in [2.24, 2.45) is 5.41 Å². The second-order valence-electron chi connectivity index (χ2n) is 7.37. The van der Waals surface area contributed by atoms with E-state index in [2.05, 4.69) is 0 Å². The molecule has 4 nitrogen and oxygen atoms in total. The molecule has 3 atom stereocenters. The molecule has 0 aromatic heterocycles. The van der Waals surface area contributed by atoms with E-state index >= 15 is 0 Å². The zero-order valence-electron chi connectivity index (χ0n) is 14.4. The van der Waals surface area contributed by atoms with Gasteiger partial charge in [-0.25, -0.2) is 0 Å². The number of esters is 1. The van der Waals surface area contributed by atoms with Gasteiger partial charge in [-0.15, -0.1) is 0 Å². The summed E-state index contributed by atoms with van der Waals surface area (Å²) in [6.45, 7) is 2.41. The summed E-state index contributed by atoms with van der Waals surface area (Å²) in [5.74, 6) is -0.800. The number of carbonyl (C=O) groups excluding carboxylic acids is 2. The molecule has 140 valence electrons. The minimum atomic E-state index is -4.49. The van der Waals surface area contributed by atoms with Gasteiger partial charge in [0.15, 0.2) is 0 Å². The van der Waals surface area contributed by atoms with E-state index < -0.39 is 23.1 Å². The first-order valence-corrected chi connectivity index (χ1v) is 8.99. The van der Waals surface area contributed by atoms with Crippen molar-refractivity contribution < 1.29 is 27.5 Å². The van der Waals surface area contributed by atoms with E-state index in [-0.39, 0.29) is 30.1 Å². The molecule has 4 rings (SSSR count). The van der Waals surface area contributed by atoms with Gasteiger partial charge in [0.05, 0.1) is 23.6 Å². The fraction of sp³-hybridized carbons (Fsp3) is 0.579. The maximum Gasteiger partial charge on any atom is 0.416 e. The third kappa shape index (κ3) is 2.28. The molecule has 0 bridgehead atoms. The molecule has 0 radical (unpaired) electrons. The first-order chi connectivity index (χ1) is 12.3. The molecule has 1 saturated heterocycles. The van der Waals surface area contributed by atoms with Crippen LogP contribution in [0.2, 0.25) is 0 Å². The van der Waals surface area contributed by atoms with Crippen LogP contribution in [-0.4, -0.2) is 36.0 Å². The number of amides is 1. The van der Waals surface area contributed by atoms with Crippen molar-refractivity contribution in [3.05, 3.63) is 34.9 Å². The van der Waals surface area contributed by atoms with Gasteiger partial charge in [0.1, 0.15) is 0 Å². The number of hydrogen-bond acceptors (Lipinski definition) is 3. The maximum atomic E-state index is 13.1. The topological polar surface area (TPSA) is 46.6 Å². The van der Waals surface area contributed by atoms with Gasteiger partial charge in [-0.05, 0) is 43.9 Å². The van der Waals surface area contributed by atoms with Crippen LogP contribution in [0, 0.1) is 5.41 Å². The van der Waals surface area contributed by atoms with Gasteiger partial charge < -0.3 is 9.64 Å². The molecule has 1 aromatic rings. The summed E-state index contributed by atoms with van der Waals surface area (Å²) in [4.78, 5) is 27.3. The predicted molar refractivity (Wildman–Crippen MR) is 86.5 cm³/mol. The number of carbonyl (C=O) groups is 2. The zero-order chi connectivity index (χ0) is 18.7. The highest BCUT2D eigenvalue weighted by Gasteiger charge is 2.61. The fourth-order valence-corrected chi connectivity index (χ4v) is 5.12. The number of fused-ring (bicyclic) bond motifs is 2. The third-order valence-corrected chi connectivity index (χ3v) is 6.17. The highest BCUT2D eigenvalue weighted by molar-refractivity contribution is 5.99. The average molecular weight is 367 g/mol. The lowest BCUT2D eigenvalue weighted by molar-refractivity contribution is -0.159. The van der Waals surface area contributed by atoms with Crippen LogP contribution in [0.4, 0.5) is 13.2 Å². The van der Waals surface area contributed by atoms with Crippen LogP contribution in [0.25, 0.3) is 0 Å². The minimum absolute atomic E-state index is 0.120. The summed E-state index contributed by atoms with van der Waals surface area (Å²) in [6.07, 6.45) is -1.76. The quantitative estimate of drug-likeness (QED) is 0.748. The molecule has 7 heteroatoms. The largest absolute Gasteiger partial charge is 0.466 e. The third-order valence-electron chi connectivity index (χ3n) is 6.17. The van der Waals surface area contributed by atoms with Crippen LogP contribution in [-0.2, 0) is 15.7 Å². The van der Waals surface area contributed by atoms with Crippen molar-refractivity contribution in [2.75, 3.05) is 13.2 Å². The van der Waals surface area contributed by atoms with Gasteiger partial charge in [-0.1, -0.05) is 12.5 Å². The molecule has 2 heterocycles. The summed E-state index contributed by atoms with van der Waals surface area (Å²) in [6, 6.07) is 3.12. The summed E-state index contributed by atoms with van der Waals surface area (Å²) in [5.41, 5.74) is -0.772. The van der Waals surface area contributed by atoms with E-state index in [1.54, 1.807) is 11.8 Å². The molecule has 2 aliphatic heterocycles. The molecule has 0 spiro atoms. The molecule has 1 aliphatic carbocycles. The van der Waals surface area contributed by atoms with E-state index in [4.69, 9.17) is 4.74 Å². The number of hydrogen-bond donors (Lipinski definition) is 0. The number of benzene rings is 1. The zero-order valence-corrected chi connectivity index (χ0v) is 14.4. The summed E-state index contributed by atoms with van der Waals surface area (Å²) >= 11 is 0. The number of ether oxygens (including phenoxy) is 1. The molecule has 3 aliphatic rings. The van der Waals surface area contributed by atoms with Crippen molar-refractivity contribution >= 4 is 11.9 Å². The van der Waals surface area contributed by atoms with Crippen molar-refractivity contribution in [3.63, 3.8) is 0 Å². The Morgan fingerprint density at radius 2 is 2.12 bits per heavy atom. The molecule has 0 N–H and O–H groups in total. The van der Waals surface area contributed by atoms with Crippen molar-refractivity contribution in [3.8, 4) is 0 Å². The normalized spacial score (nSPS) is 30.0. The Morgan fingerprint density at radius 3 is 2.81 bits per heavy atom. The second kappa shape index (κ2) is 5.72. The highest BCUT2D eigenvalue weighted by Crippen LogP contribution is 2.56. The molecule has 1 saturated carbocycles. The molecular formula is C19H20F3NO3. The van der Waals surface area contributed by atoms with Crippen molar-refractivity contribution in [1.29, 1.82) is 0 Å². The standard InChI is InChI=1S/C19H20F3NO3/c1-2-26-17(25)18-7-3-4-13-12-6-5-11(19(20,21)22)10-14(12)16(24)23(9-8-18)15(13)18/h5-6,10,13,15H,2-4,7-9H2,1H3/t13-,15+,18-/m0/s1. The summed E-state index contributed by atoms with van der Waals surface area (Å²) in [5, 5.41) is 0. The maximum absolute atomic E-state index is 13.1. The lowest BCUT2D eigenvalue weighted by Gasteiger charge is -2.48. The molecule has 1 amide bonds. The van der Waals surface area contributed by atoms with E-state index in [0.717, 1.165) is 25.0 Å². The number of nitrogens with zero attached hydrogens (tertiary/aromatic N) is 1. The Kier molecular flexibility index (Phi) is 3.82. The smallest absolute Gasteiger partial charge is 0.416 e. The lowest BCUT2D eigenvalue weighted by atomic mass is 9.62. The van der Waals surface area contributed by atoms with E-state index in [1.807, 2.05) is 0 Å². The summed E-state index contributed by atoms with van der Waals surface area (Å²) in [7, 11) is 0. The number of alkyl halides is 3. The fourth-order valence-electron chi connectivity index (χ4n) is 5.12.